The molecule has 1 aliphatic carbocycles. The van der Waals surface area contributed by atoms with Crippen LogP contribution in [0.5, 0.6) is 5.88 Å². The molecule has 3 rings (SSSR count). The summed E-state index contributed by atoms with van der Waals surface area (Å²) in [6.07, 6.45) is 2.57. The number of hydrogen-bond donors (Lipinski definition) is 2. The molecule has 2 N–H and O–H groups in total. The summed E-state index contributed by atoms with van der Waals surface area (Å²) in [4.78, 5) is 11.9. The van der Waals surface area contributed by atoms with Crippen LogP contribution in [0.2, 0.25) is 0 Å². The Bertz CT molecular complexity index is 504. The molecule has 0 bridgehead atoms. The summed E-state index contributed by atoms with van der Waals surface area (Å²) in [5, 5.41) is 3.41. The van der Waals surface area contributed by atoms with Gasteiger partial charge in [0.2, 0.25) is 5.88 Å². The molecule has 0 atom stereocenters. The molecule has 84 valence electrons. The summed E-state index contributed by atoms with van der Waals surface area (Å²) in [5.74, 6) is 1.53. The van der Waals surface area contributed by atoms with Crippen LogP contribution in [0.1, 0.15) is 18.7 Å². The maximum atomic E-state index is 5.06. The molecule has 16 heavy (non-hydrogen) atoms. The largest absolute Gasteiger partial charge is 0.481 e. The van der Waals surface area contributed by atoms with E-state index in [9.17, 15) is 0 Å². The molecule has 2 heterocycles. The molecule has 0 saturated heterocycles. The number of H-pyrrole nitrogens is 1. The molecule has 1 saturated carbocycles. The van der Waals surface area contributed by atoms with Gasteiger partial charge in [-0.1, -0.05) is 0 Å². The van der Waals surface area contributed by atoms with E-state index in [-0.39, 0.29) is 0 Å². The molecule has 0 aromatic carbocycles. The lowest BCUT2D eigenvalue weighted by molar-refractivity contribution is 0.399. The number of hydrogen-bond acceptors (Lipinski definition) is 4. The Kier molecular flexibility index (Phi) is 2.25. The Balaban J connectivity index is 1.83. The number of nitrogens with one attached hydrogen (secondary N) is 2. The molecule has 5 nitrogen and oxygen atoms in total. The van der Waals surface area contributed by atoms with Crippen LogP contribution in [0.3, 0.4) is 0 Å². The highest BCUT2D eigenvalue weighted by atomic mass is 16.5. The van der Waals surface area contributed by atoms with Crippen molar-refractivity contribution in [1.82, 2.24) is 20.3 Å². The summed E-state index contributed by atoms with van der Waals surface area (Å²) in [6, 6.07) is 4.46. The number of ether oxygens (including phenoxy) is 1. The van der Waals surface area contributed by atoms with Gasteiger partial charge in [-0.15, -0.1) is 0 Å². The lowest BCUT2D eigenvalue weighted by Crippen LogP contribution is -2.16. The number of aromatic amines is 1. The van der Waals surface area contributed by atoms with Crippen LogP contribution < -0.4 is 10.1 Å². The van der Waals surface area contributed by atoms with Gasteiger partial charge in [-0.25, -0.2) is 4.98 Å². The van der Waals surface area contributed by atoms with Crippen molar-refractivity contribution in [1.29, 1.82) is 0 Å². The Morgan fingerprint density at radius 1 is 1.44 bits per heavy atom. The van der Waals surface area contributed by atoms with Crippen molar-refractivity contribution in [3.8, 4) is 5.88 Å². The van der Waals surface area contributed by atoms with Crippen molar-refractivity contribution < 1.29 is 4.74 Å². The van der Waals surface area contributed by atoms with Gasteiger partial charge in [0.05, 0.1) is 19.2 Å². The molecule has 0 amide bonds. The number of pyridine rings is 1. The van der Waals surface area contributed by atoms with Crippen LogP contribution in [0.15, 0.2) is 12.1 Å². The Labute approximate surface area is 93.2 Å². The lowest BCUT2D eigenvalue weighted by atomic mass is 10.4. The number of nitrogens with zero attached hydrogens (tertiary/aromatic N) is 2. The molecule has 1 fully saturated rings. The number of aromatic nitrogens is 3. The SMILES string of the molecule is COc1ccc2[nH]c(CNC3CC3)nc2n1. The fourth-order valence-electron chi connectivity index (χ4n) is 1.65. The first-order valence-corrected chi connectivity index (χ1v) is 5.48. The normalized spacial score (nSPS) is 15.6. The van der Waals surface area contributed by atoms with Crippen LogP contribution in [-0.2, 0) is 6.54 Å². The summed E-state index contributed by atoms with van der Waals surface area (Å²) in [5.41, 5.74) is 1.67. The maximum absolute atomic E-state index is 5.06. The molecule has 0 spiro atoms. The lowest BCUT2D eigenvalue weighted by Gasteiger charge is -1.96. The average molecular weight is 218 g/mol. The number of imidazole rings is 1. The maximum Gasteiger partial charge on any atom is 0.215 e. The smallest absolute Gasteiger partial charge is 0.215 e. The monoisotopic (exact) mass is 218 g/mol. The zero-order valence-corrected chi connectivity index (χ0v) is 9.16. The second-order valence-electron chi connectivity index (χ2n) is 4.06. The predicted molar refractivity (Wildman–Crippen MR) is 60.3 cm³/mol. The first-order valence-electron chi connectivity index (χ1n) is 5.48. The van der Waals surface area contributed by atoms with Crippen LogP contribution in [0.4, 0.5) is 0 Å². The number of methoxy groups -OCH3 is 1. The van der Waals surface area contributed by atoms with E-state index < -0.39 is 0 Å². The van der Waals surface area contributed by atoms with Gasteiger partial charge in [0, 0.05) is 12.1 Å². The van der Waals surface area contributed by atoms with E-state index in [1.165, 1.54) is 12.8 Å². The Hall–Kier alpha value is -1.62. The minimum Gasteiger partial charge on any atom is -0.481 e. The van der Waals surface area contributed by atoms with Crippen molar-refractivity contribution in [2.45, 2.75) is 25.4 Å². The molecule has 5 heteroatoms. The summed E-state index contributed by atoms with van der Waals surface area (Å²) >= 11 is 0. The highest BCUT2D eigenvalue weighted by molar-refractivity contribution is 5.71. The van der Waals surface area contributed by atoms with E-state index in [1.807, 2.05) is 12.1 Å². The quantitative estimate of drug-likeness (QED) is 0.810. The molecule has 2 aromatic rings. The number of rotatable bonds is 4. The zero-order chi connectivity index (χ0) is 11.0. The zero-order valence-electron chi connectivity index (χ0n) is 9.16. The topological polar surface area (TPSA) is 62.8 Å². The molecule has 1 aliphatic rings. The molecular weight excluding hydrogens is 204 g/mol. The standard InChI is InChI=1S/C11H14N4O/c1-16-10-5-4-8-11(15-10)14-9(13-8)6-12-7-2-3-7/h4-5,7,12H,2-3,6H2,1H3,(H,13,14,15). The van der Waals surface area contributed by atoms with Gasteiger partial charge in [0.1, 0.15) is 5.82 Å². The molecule has 0 aliphatic heterocycles. The Morgan fingerprint density at radius 2 is 2.31 bits per heavy atom. The minimum atomic E-state index is 0.598. The summed E-state index contributed by atoms with van der Waals surface area (Å²) < 4.78 is 5.06. The van der Waals surface area contributed by atoms with E-state index in [4.69, 9.17) is 4.74 Å². The van der Waals surface area contributed by atoms with Gasteiger partial charge in [-0.3, -0.25) is 0 Å². The second kappa shape index (κ2) is 3.75. The molecule has 0 unspecified atom stereocenters. The molecule has 2 aromatic heterocycles. The third-order valence-electron chi connectivity index (χ3n) is 2.71. The van der Waals surface area contributed by atoms with Crippen molar-refractivity contribution in [2.75, 3.05) is 7.11 Å². The fourth-order valence-corrected chi connectivity index (χ4v) is 1.65. The van der Waals surface area contributed by atoms with Crippen molar-refractivity contribution in [2.24, 2.45) is 0 Å². The van der Waals surface area contributed by atoms with Crippen molar-refractivity contribution in [3.63, 3.8) is 0 Å². The average Bonchev–Trinajstić information content (AvgIpc) is 3.04. The van der Waals surface area contributed by atoms with Crippen LogP contribution in [0.25, 0.3) is 11.2 Å². The van der Waals surface area contributed by atoms with Gasteiger partial charge >= 0.3 is 0 Å². The summed E-state index contributed by atoms with van der Waals surface area (Å²) in [7, 11) is 1.61. The highest BCUT2D eigenvalue weighted by Gasteiger charge is 2.20. The van der Waals surface area contributed by atoms with Gasteiger partial charge in [0.25, 0.3) is 0 Å². The third-order valence-corrected chi connectivity index (χ3v) is 2.71. The van der Waals surface area contributed by atoms with Crippen LogP contribution in [-0.4, -0.2) is 28.1 Å². The van der Waals surface area contributed by atoms with Gasteiger partial charge < -0.3 is 15.0 Å². The number of fused-ring (bicyclic) bond motifs is 1. The summed E-state index contributed by atoms with van der Waals surface area (Å²) in [6.45, 7) is 0.781. The third kappa shape index (κ3) is 1.86. The van der Waals surface area contributed by atoms with Gasteiger partial charge in [0.15, 0.2) is 5.65 Å². The highest BCUT2D eigenvalue weighted by Crippen LogP contribution is 2.19. The van der Waals surface area contributed by atoms with E-state index in [0.29, 0.717) is 17.6 Å². The minimum absolute atomic E-state index is 0.598. The first kappa shape index (κ1) is 9.59. The van der Waals surface area contributed by atoms with E-state index >= 15 is 0 Å². The van der Waals surface area contributed by atoms with Crippen molar-refractivity contribution >= 4 is 11.2 Å². The fraction of sp³-hybridized carbons (Fsp3) is 0.455. The van der Waals surface area contributed by atoms with E-state index in [0.717, 1.165) is 17.9 Å². The first-order chi connectivity index (χ1) is 7.85. The Morgan fingerprint density at radius 3 is 3.06 bits per heavy atom. The molecular formula is C11H14N4O. The van der Waals surface area contributed by atoms with Gasteiger partial charge in [-0.2, -0.15) is 4.98 Å². The second-order valence-corrected chi connectivity index (χ2v) is 4.06. The van der Waals surface area contributed by atoms with Crippen molar-refractivity contribution in [3.05, 3.63) is 18.0 Å². The van der Waals surface area contributed by atoms with E-state index in [2.05, 4.69) is 20.3 Å². The van der Waals surface area contributed by atoms with Crippen LogP contribution >= 0.6 is 0 Å². The van der Waals surface area contributed by atoms with Gasteiger partial charge in [-0.05, 0) is 18.9 Å². The predicted octanol–water partition coefficient (Wildman–Crippen LogP) is 1.22. The van der Waals surface area contributed by atoms with E-state index in [1.54, 1.807) is 7.11 Å². The molecule has 0 radical (unpaired) electrons. The van der Waals surface area contributed by atoms with Crippen LogP contribution in [0, 0.1) is 0 Å².